The molecule has 0 unspecified atom stereocenters. The van der Waals surface area contributed by atoms with Gasteiger partial charge in [0.1, 0.15) is 5.82 Å². The fourth-order valence-electron chi connectivity index (χ4n) is 4.91. The number of alkyl halides is 9. The van der Waals surface area contributed by atoms with Crippen LogP contribution in [0.2, 0.25) is 5.02 Å². The number of halogens is 11. The van der Waals surface area contributed by atoms with Crippen molar-refractivity contribution >= 4 is 23.7 Å². The molecule has 0 aliphatic carbocycles. The van der Waals surface area contributed by atoms with E-state index in [4.69, 9.17) is 11.6 Å². The highest BCUT2D eigenvalue weighted by Crippen LogP contribution is 2.40. The molecule has 1 amide bonds. The maximum Gasteiger partial charge on any atom is 0.416 e. The molecule has 0 aromatic heterocycles. The number of nitrogens with zero attached hydrogens (tertiary/aromatic N) is 1. The van der Waals surface area contributed by atoms with Crippen LogP contribution >= 0.6 is 11.6 Å². The first-order valence-corrected chi connectivity index (χ1v) is 14.1. The number of rotatable bonds is 7. The van der Waals surface area contributed by atoms with Crippen molar-refractivity contribution in [2.45, 2.75) is 31.6 Å². The summed E-state index contributed by atoms with van der Waals surface area (Å²) in [7, 11) is 1.96. The zero-order chi connectivity index (χ0) is 36.5. The highest BCUT2D eigenvalue weighted by Gasteiger charge is 2.37. The third-order valence-electron chi connectivity index (χ3n) is 7.21. The molecule has 0 atom stereocenters. The molecule has 4 rings (SSSR count). The fraction of sp³-hybridized carbons (Fsp3) is 0.212. The number of hydrogen-bond acceptors (Lipinski definition) is 4. The second-order valence-electron chi connectivity index (χ2n) is 10.5. The van der Waals surface area contributed by atoms with E-state index in [0.717, 1.165) is 26.4 Å². The van der Waals surface area contributed by atoms with Crippen molar-refractivity contribution in [3.05, 3.63) is 117 Å². The van der Waals surface area contributed by atoms with Crippen molar-refractivity contribution in [2.75, 3.05) is 14.2 Å². The molecule has 0 aliphatic rings. The van der Waals surface area contributed by atoms with Crippen LogP contribution in [0.3, 0.4) is 0 Å². The van der Waals surface area contributed by atoms with Crippen LogP contribution in [0, 0.1) is 5.82 Å². The van der Waals surface area contributed by atoms with Gasteiger partial charge in [0.05, 0.1) is 36.5 Å². The Morgan fingerprint density at radius 2 is 1.24 bits per heavy atom. The summed E-state index contributed by atoms with van der Waals surface area (Å²) in [5.74, 6) is -1.67. The normalized spacial score (nSPS) is 12.1. The van der Waals surface area contributed by atoms with Crippen LogP contribution in [0.15, 0.2) is 72.8 Å². The van der Waals surface area contributed by atoms with Crippen LogP contribution in [0.25, 0.3) is 22.3 Å². The molecule has 0 spiro atoms. The minimum atomic E-state index is -5.21. The molecule has 260 valence electrons. The van der Waals surface area contributed by atoms with E-state index in [-0.39, 0.29) is 44.5 Å². The molecule has 0 saturated heterocycles. The van der Waals surface area contributed by atoms with Gasteiger partial charge in [-0.1, -0.05) is 29.8 Å². The number of carbonyl (C=O) groups excluding carboxylic acids is 2. The average Bonchev–Trinajstić information content (AvgIpc) is 3.02. The molecule has 4 aromatic rings. The predicted octanol–water partition coefficient (Wildman–Crippen LogP) is 10.4. The maximum atomic E-state index is 15.1. The first kappa shape index (κ1) is 37.0. The molecule has 49 heavy (non-hydrogen) atoms. The van der Waals surface area contributed by atoms with E-state index in [2.05, 4.69) is 9.47 Å². The number of methoxy groups -OCH3 is 2. The Morgan fingerprint density at radius 3 is 1.78 bits per heavy atom. The van der Waals surface area contributed by atoms with Crippen LogP contribution in [-0.4, -0.2) is 31.2 Å². The Kier molecular flexibility index (Phi) is 10.6. The summed E-state index contributed by atoms with van der Waals surface area (Å²) in [5.41, 5.74) is -5.47. The van der Waals surface area contributed by atoms with Gasteiger partial charge in [0.25, 0.3) is 0 Å². The van der Waals surface area contributed by atoms with Gasteiger partial charge >= 0.3 is 30.6 Å². The van der Waals surface area contributed by atoms with Gasteiger partial charge in [-0.25, -0.2) is 14.0 Å². The lowest BCUT2D eigenvalue weighted by Gasteiger charge is -2.25. The van der Waals surface area contributed by atoms with E-state index in [1.807, 2.05) is 0 Å². The number of esters is 1. The predicted molar refractivity (Wildman–Crippen MR) is 157 cm³/mol. The lowest BCUT2D eigenvalue weighted by Crippen LogP contribution is -2.30. The van der Waals surface area contributed by atoms with Crippen molar-refractivity contribution in [3.63, 3.8) is 0 Å². The summed E-state index contributed by atoms with van der Waals surface area (Å²) in [4.78, 5) is 25.2. The van der Waals surface area contributed by atoms with Crippen molar-refractivity contribution in [2.24, 2.45) is 0 Å². The smallest absolute Gasteiger partial charge is 0.416 e. The lowest BCUT2D eigenvalue weighted by atomic mass is 9.93. The molecule has 5 nitrogen and oxygen atoms in total. The Hall–Kier alpha value is -4.79. The van der Waals surface area contributed by atoms with Gasteiger partial charge in [-0.15, -0.1) is 0 Å². The monoisotopic (exact) mass is 721 g/mol. The number of hydrogen-bond donors (Lipinski definition) is 0. The quantitative estimate of drug-likeness (QED) is 0.141. The van der Waals surface area contributed by atoms with Crippen LogP contribution < -0.4 is 0 Å². The lowest BCUT2D eigenvalue weighted by molar-refractivity contribution is -0.143. The minimum Gasteiger partial charge on any atom is -0.465 e. The topological polar surface area (TPSA) is 55.8 Å². The van der Waals surface area contributed by atoms with E-state index < -0.39 is 71.8 Å². The summed E-state index contributed by atoms with van der Waals surface area (Å²) in [6, 6.07) is 10.4. The van der Waals surface area contributed by atoms with E-state index in [1.165, 1.54) is 30.3 Å². The average molecular weight is 722 g/mol. The summed E-state index contributed by atoms with van der Waals surface area (Å²) >= 11 is 6.43. The first-order chi connectivity index (χ1) is 22.7. The van der Waals surface area contributed by atoms with Gasteiger partial charge in [-0.05, 0) is 76.9 Å². The second-order valence-corrected chi connectivity index (χ2v) is 10.9. The second kappa shape index (κ2) is 14.0. The maximum absolute atomic E-state index is 15.1. The third-order valence-corrected chi connectivity index (χ3v) is 7.53. The molecule has 0 radical (unpaired) electrons. The van der Waals surface area contributed by atoms with Crippen molar-refractivity contribution in [1.82, 2.24) is 4.90 Å². The third kappa shape index (κ3) is 8.63. The van der Waals surface area contributed by atoms with Gasteiger partial charge in [-0.3, -0.25) is 4.90 Å². The molecule has 0 heterocycles. The van der Waals surface area contributed by atoms with Crippen LogP contribution in [0.5, 0.6) is 0 Å². The highest BCUT2D eigenvalue weighted by atomic mass is 35.5. The van der Waals surface area contributed by atoms with Gasteiger partial charge < -0.3 is 9.47 Å². The Labute approximate surface area is 276 Å². The number of carbonyl (C=O) groups is 2. The molecule has 4 aromatic carbocycles. The standard InChI is InChI=1S/C33H22ClF10NO4/c1-48-29(46)19-3-6-25(28(35)13-19)18-4-8-27(34)26(12-18)24-7-5-21(31(36,37)38)11-20(24)16-45(30(47)49-2)15-17-9-22(32(39,40)41)14-23(10-17)33(42,43)44/h3-14H,15-16H2,1-2H3. The Bertz CT molecular complexity index is 1850. The molecule has 0 N–H and O–H groups in total. The number of amides is 1. The molecule has 16 heteroatoms. The molecule has 0 saturated carbocycles. The van der Waals surface area contributed by atoms with Crippen molar-refractivity contribution < 1.29 is 63.0 Å². The first-order valence-electron chi connectivity index (χ1n) is 13.7. The minimum absolute atomic E-state index is 0.0302. The largest absolute Gasteiger partial charge is 0.465 e. The molecular weight excluding hydrogens is 700 g/mol. The van der Waals surface area contributed by atoms with Crippen LogP contribution in [0.1, 0.15) is 38.2 Å². The number of ether oxygens (including phenoxy) is 2. The summed E-state index contributed by atoms with van der Waals surface area (Å²) < 4.78 is 147. The van der Waals surface area contributed by atoms with Crippen LogP contribution in [0.4, 0.5) is 48.7 Å². The van der Waals surface area contributed by atoms with Gasteiger partial charge in [0.2, 0.25) is 0 Å². The zero-order valence-corrected chi connectivity index (χ0v) is 25.8. The highest BCUT2D eigenvalue weighted by molar-refractivity contribution is 6.33. The molecule has 0 aliphatic heterocycles. The van der Waals surface area contributed by atoms with Gasteiger partial charge in [0, 0.05) is 29.2 Å². The van der Waals surface area contributed by atoms with Crippen molar-refractivity contribution in [1.29, 1.82) is 0 Å². The van der Waals surface area contributed by atoms with E-state index >= 15 is 4.39 Å². The van der Waals surface area contributed by atoms with Crippen LogP contribution in [-0.2, 0) is 41.1 Å². The van der Waals surface area contributed by atoms with E-state index in [1.54, 1.807) is 0 Å². The fourth-order valence-corrected chi connectivity index (χ4v) is 5.13. The van der Waals surface area contributed by atoms with E-state index in [9.17, 15) is 49.1 Å². The Morgan fingerprint density at radius 1 is 0.653 bits per heavy atom. The van der Waals surface area contributed by atoms with Crippen molar-refractivity contribution in [3.8, 4) is 22.3 Å². The molecule has 0 bridgehead atoms. The van der Waals surface area contributed by atoms with Gasteiger partial charge in [0.15, 0.2) is 0 Å². The van der Waals surface area contributed by atoms with Gasteiger partial charge in [-0.2, -0.15) is 39.5 Å². The number of benzene rings is 4. The summed E-state index contributed by atoms with van der Waals surface area (Å²) in [6.07, 6.45) is -16.6. The zero-order valence-electron chi connectivity index (χ0n) is 25.1. The molecule has 0 fully saturated rings. The summed E-state index contributed by atoms with van der Waals surface area (Å²) in [6.45, 7) is -1.76. The van der Waals surface area contributed by atoms with E-state index in [0.29, 0.717) is 29.2 Å². The Balaban J connectivity index is 1.85. The SMILES string of the molecule is COC(=O)c1ccc(-c2ccc(Cl)c(-c3ccc(C(F)(F)F)cc3CN(Cc3cc(C(F)(F)F)cc(C(F)(F)F)c3)C(=O)OC)c2)c(F)c1. The molecular formula is C33H22ClF10NO4. The summed E-state index contributed by atoms with van der Waals surface area (Å²) in [5, 5.41) is -0.0475.